The number of ether oxygens (including phenoxy) is 1. The number of hydrogen-bond donors (Lipinski definition) is 1. The highest BCUT2D eigenvalue weighted by molar-refractivity contribution is 6.34. The lowest BCUT2D eigenvalue weighted by atomic mass is 10.1. The fraction of sp³-hybridized carbons (Fsp3) is 0.364. The monoisotopic (exact) mass is 261 g/mol. The Labute approximate surface area is 104 Å². The summed E-state index contributed by atoms with van der Waals surface area (Å²) in [6.45, 7) is 2.10. The maximum atomic E-state index is 11.2. The zero-order valence-corrected chi connectivity index (χ0v) is 10.4. The topological polar surface area (TPSA) is 52.3 Å². The quantitative estimate of drug-likeness (QED) is 0.849. The third kappa shape index (κ3) is 4.00. The van der Waals surface area contributed by atoms with E-state index in [-0.39, 0.29) is 12.4 Å². The molecule has 0 saturated heterocycles. The first-order valence-electron chi connectivity index (χ1n) is 4.90. The zero-order chi connectivity index (χ0) is 12.1. The predicted octanol–water partition coefficient (Wildman–Crippen LogP) is 2.95. The molecule has 0 radical (unpaired) electrons. The van der Waals surface area contributed by atoms with E-state index < -0.39 is 6.04 Å². The minimum absolute atomic E-state index is 0.116. The summed E-state index contributed by atoms with van der Waals surface area (Å²) in [6, 6.07) is 4.55. The van der Waals surface area contributed by atoms with Crippen LogP contribution in [0, 0.1) is 0 Å². The second-order valence-corrected chi connectivity index (χ2v) is 4.19. The first kappa shape index (κ1) is 13.3. The SMILES string of the molecule is CCOC(=O)C[C@@H](N)c1cc(Cl)cc(Cl)c1. The van der Waals surface area contributed by atoms with E-state index in [1.807, 2.05) is 0 Å². The molecule has 0 fully saturated rings. The van der Waals surface area contributed by atoms with Crippen LogP contribution in [0.3, 0.4) is 0 Å². The van der Waals surface area contributed by atoms with E-state index in [4.69, 9.17) is 33.7 Å². The summed E-state index contributed by atoms with van der Waals surface area (Å²) in [5.74, 6) is -0.328. The van der Waals surface area contributed by atoms with Gasteiger partial charge in [-0.3, -0.25) is 4.79 Å². The summed E-state index contributed by atoms with van der Waals surface area (Å²) in [4.78, 5) is 11.2. The van der Waals surface area contributed by atoms with Crippen LogP contribution >= 0.6 is 23.2 Å². The summed E-state index contributed by atoms with van der Waals surface area (Å²) in [5, 5.41) is 1.00. The number of hydrogen-bond acceptors (Lipinski definition) is 3. The molecule has 1 aromatic rings. The van der Waals surface area contributed by atoms with E-state index in [9.17, 15) is 4.79 Å². The first-order chi connectivity index (χ1) is 7.52. The molecule has 5 heteroatoms. The van der Waals surface area contributed by atoms with Crippen molar-refractivity contribution >= 4 is 29.2 Å². The van der Waals surface area contributed by atoms with Gasteiger partial charge in [-0.25, -0.2) is 0 Å². The molecule has 0 aliphatic rings. The second kappa shape index (κ2) is 6.09. The van der Waals surface area contributed by atoms with Crippen molar-refractivity contribution < 1.29 is 9.53 Å². The molecule has 0 unspecified atom stereocenters. The highest BCUT2D eigenvalue weighted by Crippen LogP contribution is 2.24. The number of nitrogens with two attached hydrogens (primary N) is 1. The molecule has 1 aromatic carbocycles. The summed E-state index contributed by atoms with van der Waals surface area (Å²) in [6.07, 6.45) is 0.116. The number of benzene rings is 1. The Balaban J connectivity index is 2.72. The molecule has 3 nitrogen and oxygen atoms in total. The van der Waals surface area contributed by atoms with Crippen molar-refractivity contribution in [2.75, 3.05) is 6.61 Å². The Morgan fingerprint density at radius 1 is 1.38 bits per heavy atom. The fourth-order valence-electron chi connectivity index (χ4n) is 1.31. The average Bonchev–Trinajstić information content (AvgIpc) is 2.16. The van der Waals surface area contributed by atoms with Crippen LogP contribution in [0.15, 0.2) is 18.2 Å². The summed E-state index contributed by atoms with van der Waals surface area (Å²) in [5.41, 5.74) is 6.57. The first-order valence-corrected chi connectivity index (χ1v) is 5.65. The molecule has 0 heterocycles. The number of halogens is 2. The smallest absolute Gasteiger partial charge is 0.307 e. The van der Waals surface area contributed by atoms with Gasteiger partial charge >= 0.3 is 5.97 Å². The molecule has 0 amide bonds. The van der Waals surface area contributed by atoms with E-state index in [1.165, 1.54) is 0 Å². The molecule has 0 aliphatic heterocycles. The van der Waals surface area contributed by atoms with Crippen LogP contribution in [0.2, 0.25) is 10.0 Å². The maximum absolute atomic E-state index is 11.2. The molecule has 2 N–H and O–H groups in total. The van der Waals surface area contributed by atoms with Crippen LogP contribution in [0.4, 0.5) is 0 Å². The Kier molecular flexibility index (Phi) is 5.06. The number of esters is 1. The largest absolute Gasteiger partial charge is 0.466 e. The van der Waals surface area contributed by atoms with E-state index >= 15 is 0 Å². The van der Waals surface area contributed by atoms with E-state index in [1.54, 1.807) is 25.1 Å². The number of rotatable bonds is 4. The molecule has 0 bridgehead atoms. The molecule has 0 saturated carbocycles. The third-order valence-electron chi connectivity index (χ3n) is 2.00. The van der Waals surface area contributed by atoms with Gasteiger partial charge in [0.05, 0.1) is 13.0 Å². The van der Waals surface area contributed by atoms with E-state index in [0.717, 1.165) is 5.56 Å². The lowest BCUT2D eigenvalue weighted by molar-refractivity contribution is -0.143. The zero-order valence-electron chi connectivity index (χ0n) is 8.87. The molecule has 1 rings (SSSR count). The van der Waals surface area contributed by atoms with Crippen molar-refractivity contribution in [1.29, 1.82) is 0 Å². The summed E-state index contributed by atoms with van der Waals surface area (Å²) in [7, 11) is 0. The highest BCUT2D eigenvalue weighted by atomic mass is 35.5. The van der Waals surface area contributed by atoms with E-state index in [0.29, 0.717) is 16.7 Å². The lowest BCUT2D eigenvalue weighted by Crippen LogP contribution is -2.17. The van der Waals surface area contributed by atoms with Gasteiger partial charge in [0.25, 0.3) is 0 Å². The third-order valence-corrected chi connectivity index (χ3v) is 2.44. The molecule has 0 aromatic heterocycles. The van der Waals surface area contributed by atoms with Gasteiger partial charge < -0.3 is 10.5 Å². The van der Waals surface area contributed by atoms with Gasteiger partial charge in [-0.05, 0) is 30.7 Å². The molecule has 16 heavy (non-hydrogen) atoms. The van der Waals surface area contributed by atoms with Gasteiger partial charge in [-0.2, -0.15) is 0 Å². The van der Waals surface area contributed by atoms with Crippen molar-refractivity contribution in [3.05, 3.63) is 33.8 Å². The van der Waals surface area contributed by atoms with Crippen LogP contribution < -0.4 is 5.73 Å². The Morgan fingerprint density at radius 3 is 2.44 bits per heavy atom. The van der Waals surface area contributed by atoms with Crippen molar-refractivity contribution in [3.63, 3.8) is 0 Å². The maximum Gasteiger partial charge on any atom is 0.307 e. The van der Waals surface area contributed by atoms with Gasteiger partial charge in [-0.15, -0.1) is 0 Å². The van der Waals surface area contributed by atoms with Crippen LogP contribution in [0.5, 0.6) is 0 Å². The Morgan fingerprint density at radius 2 is 1.94 bits per heavy atom. The minimum atomic E-state index is -0.449. The number of carbonyl (C=O) groups excluding carboxylic acids is 1. The second-order valence-electron chi connectivity index (χ2n) is 3.32. The molecule has 1 atom stereocenters. The highest BCUT2D eigenvalue weighted by Gasteiger charge is 2.13. The molecule has 0 aliphatic carbocycles. The van der Waals surface area contributed by atoms with Crippen LogP contribution in [-0.2, 0) is 9.53 Å². The Hall–Kier alpha value is -0.770. The van der Waals surface area contributed by atoms with Crippen LogP contribution in [0.1, 0.15) is 24.9 Å². The molecule has 88 valence electrons. The fourth-order valence-corrected chi connectivity index (χ4v) is 1.85. The molecular weight excluding hydrogens is 249 g/mol. The van der Waals surface area contributed by atoms with E-state index in [2.05, 4.69) is 0 Å². The minimum Gasteiger partial charge on any atom is -0.466 e. The van der Waals surface area contributed by atoms with Crippen LogP contribution in [0.25, 0.3) is 0 Å². The Bertz CT molecular complexity index is 362. The summed E-state index contributed by atoms with van der Waals surface area (Å²) >= 11 is 11.7. The van der Waals surface area contributed by atoms with Crippen molar-refractivity contribution in [3.8, 4) is 0 Å². The van der Waals surface area contributed by atoms with Crippen LogP contribution in [-0.4, -0.2) is 12.6 Å². The number of carbonyl (C=O) groups is 1. The van der Waals surface area contributed by atoms with Gasteiger partial charge in [0.2, 0.25) is 0 Å². The average molecular weight is 262 g/mol. The standard InChI is InChI=1S/C11H13Cl2NO2/c1-2-16-11(15)6-10(14)7-3-8(12)5-9(13)4-7/h3-5,10H,2,6,14H2,1H3/t10-/m1/s1. The lowest BCUT2D eigenvalue weighted by Gasteiger charge is -2.12. The molecule has 0 spiro atoms. The van der Waals surface area contributed by atoms with Gasteiger partial charge in [0, 0.05) is 16.1 Å². The van der Waals surface area contributed by atoms with Crippen molar-refractivity contribution in [2.24, 2.45) is 5.73 Å². The van der Waals surface area contributed by atoms with Crippen molar-refractivity contribution in [1.82, 2.24) is 0 Å². The van der Waals surface area contributed by atoms with Crippen molar-refractivity contribution in [2.45, 2.75) is 19.4 Å². The van der Waals surface area contributed by atoms with Gasteiger partial charge in [0.15, 0.2) is 0 Å². The molecular formula is C11H13Cl2NO2. The predicted molar refractivity (Wildman–Crippen MR) is 64.6 cm³/mol. The van der Waals surface area contributed by atoms with Gasteiger partial charge in [-0.1, -0.05) is 23.2 Å². The van der Waals surface area contributed by atoms with Gasteiger partial charge in [0.1, 0.15) is 0 Å². The summed E-state index contributed by atoms with van der Waals surface area (Å²) < 4.78 is 4.81. The normalized spacial score (nSPS) is 12.2.